The van der Waals surface area contributed by atoms with Gasteiger partial charge < -0.3 is 10.1 Å². The minimum Gasteiger partial charge on any atom is -0.444 e. The average molecular weight is 522 g/mol. The van der Waals surface area contributed by atoms with Crippen molar-refractivity contribution in [3.05, 3.63) is 42.1 Å². The Labute approximate surface area is 215 Å². The van der Waals surface area contributed by atoms with Crippen LogP contribution in [0.15, 0.2) is 30.7 Å². The zero-order valence-electron chi connectivity index (χ0n) is 21.9. The van der Waals surface area contributed by atoms with Crippen LogP contribution in [0.5, 0.6) is 0 Å². The van der Waals surface area contributed by atoms with E-state index in [1.807, 2.05) is 0 Å². The van der Waals surface area contributed by atoms with Crippen LogP contribution in [0.4, 0.5) is 18.0 Å². The highest BCUT2D eigenvalue weighted by molar-refractivity contribution is 5.86. The Kier molecular flexibility index (Phi) is 8.44. The fourth-order valence-corrected chi connectivity index (χ4v) is 4.00. The van der Waals surface area contributed by atoms with Gasteiger partial charge in [-0.3, -0.25) is 14.7 Å². The van der Waals surface area contributed by atoms with Crippen molar-refractivity contribution in [3.63, 3.8) is 0 Å². The van der Waals surface area contributed by atoms with Gasteiger partial charge in [0.25, 0.3) is 0 Å². The summed E-state index contributed by atoms with van der Waals surface area (Å²) in [6.45, 7) is 10.2. The van der Waals surface area contributed by atoms with Crippen LogP contribution < -0.4 is 5.32 Å². The Morgan fingerprint density at radius 1 is 1.14 bits per heavy atom. The number of hydrogen-bond acceptors (Lipinski definition) is 6. The van der Waals surface area contributed by atoms with E-state index in [-0.39, 0.29) is 17.9 Å². The third kappa shape index (κ3) is 7.62. The summed E-state index contributed by atoms with van der Waals surface area (Å²) >= 11 is 0. The number of pyridine rings is 1. The molecule has 0 aromatic carbocycles. The Bertz CT molecular complexity index is 1100. The van der Waals surface area contributed by atoms with Gasteiger partial charge in [0.1, 0.15) is 23.7 Å². The molecule has 0 bridgehead atoms. The number of hydrogen-bond donors (Lipinski definition) is 1. The number of carbonyl (C=O) groups excluding carboxylic acids is 2. The van der Waals surface area contributed by atoms with Crippen LogP contribution in [0.2, 0.25) is 0 Å². The van der Waals surface area contributed by atoms with Crippen molar-refractivity contribution < 1.29 is 27.5 Å². The molecule has 2 aromatic rings. The van der Waals surface area contributed by atoms with Gasteiger partial charge in [0.15, 0.2) is 0 Å². The molecule has 2 fully saturated rings. The summed E-state index contributed by atoms with van der Waals surface area (Å²) in [5.74, 6) is -0.300. The van der Waals surface area contributed by atoms with Crippen LogP contribution >= 0.6 is 0 Å². The van der Waals surface area contributed by atoms with Crippen LogP contribution in [-0.4, -0.2) is 50.0 Å². The van der Waals surface area contributed by atoms with E-state index < -0.39 is 29.6 Å². The van der Waals surface area contributed by atoms with Gasteiger partial charge in [0.2, 0.25) is 5.91 Å². The molecule has 4 rings (SSSR count). The Hall–Kier alpha value is -3.24. The number of rotatable bonds is 4. The zero-order valence-corrected chi connectivity index (χ0v) is 21.9. The van der Waals surface area contributed by atoms with Crippen molar-refractivity contribution in [1.29, 1.82) is 0 Å². The van der Waals surface area contributed by atoms with E-state index in [1.165, 1.54) is 23.7 Å². The monoisotopic (exact) mass is 521 g/mol. The third-order valence-electron chi connectivity index (χ3n) is 5.91. The van der Waals surface area contributed by atoms with E-state index >= 15 is 0 Å². The van der Waals surface area contributed by atoms with Gasteiger partial charge in [-0.05, 0) is 63.6 Å². The maximum atomic E-state index is 13.0. The quantitative estimate of drug-likeness (QED) is 0.580. The first-order valence-corrected chi connectivity index (χ1v) is 12.4. The van der Waals surface area contributed by atoms with Gasteiger partial charge in [-0.1, -0.05) is 20.3 Å². The first-order chi connectivity index (χ1) is 17.3. The number of likely N-dealkylation sites (tertiary alicyclic amines) is 1. The molecule has 1 saturated carbocycles. The molecule has 3 heterocycles. The number of halogens is 3. The summed E-state index contributed by atoms with van der Waals surface area (Å²) in [4.78, 5) is 38.8. The summed E-state index contributed by atoms with van der Waals surface area (Å²) in [7, 11) is 0. The van der Waals surface area contributed by atoms with Crippen LogP contribution in [0.25, 0.3) is 11.3 Å². The molecule has 37 heavy (non-hydrogen) atoms. The van der Waals surface area contributed by atoms with Gasteiger partial charge in [0.05, 0.1) is 17.9 Å². The molecule has 2 aliphatic rings. The molecule has 1 aliphatic heterocycles. The van der Waals surface area contributed by atoms with Crippen molar-refractivity contribution >= 4 is 12.0 Å². The maximum Gasteiger partial charge on any atom is 0.433 e. The van der Waals surface area contributed by atoms with E-state index in [2.05, 4.69) is 34.1 Å². The first-order valence-electron chi connectivity index (χ1n) is 12.4. The molecule has 1 saturated heterocycles. The second-order valence-electron chi connectivity index (χ2n) is 10.6. The molecule has 1 aliphatic carbocycles. The van der Waals surface area contributed by atoms with Gasteiger partial charge in [-0.25, -0.2) is 14.8 Å². The zero-order chi connectivity index (χ0) is 27.4. The van der Waals surface area contributed by atoms with Gasteiger partial charge in [-0.2, -0.15) is 13.2 Å². The number of nitrogens with one attached hydrogen (secondary N) is 1. The number of nitrogens with zero attached hydrogens (tertiary/aromatic N) is 4. The van der Waals surface area contributed by atoms with Crippen LogP contribution in [-0.2, 0) is 22.3 Å². The Morgan fingerprint density at radius 2 is 1.81 bits per heavy atom. The largest absolute Gasteiger partial charge is 0.444 e. The molecule has 1 unspecified atom stereocenters. The topological polar surface area (TPSA) is 97.3 Å². The van der Waals surface area contributed by atoms with Crippen LogP contribution in [0.1, 0.15) is 71.7 Å². The Morgan fingerprint density at radius 3 is 2.35 bits per heavy atom. The van der Waals surface area contributed by atoms with E-state index in [4.69, 9.17) is 4.74 Å². The van der Waals surface area contributed by atoms with Gasteiger partial charge >= 0.3 is 12.3 Å². The summed E-state index contributed by atoms with van der Waals surface area (Å²) in [6, 6.07) is 3.12. The highest BCUT2D eigenvalue weighted by atomic mass is 19.4. The van der Waals surface area contributed by atoms with Gasteiger partial charge in [0, 0.05) is 18.3 Å². The fourth-order valence-electron chi connectivity index (χ4n) is 4.00. The third-order valence-corrected chi connectivity index (χ3v) is 5.91. The molecule has 202 valence electrons. The summed E-state index contributed by atoms with van der Waals surface area (Å²) in [5.41, 5.74) is -0.406. The summed E-state index contributed by atoms with van der Waals surface area (Å²) in [6.07, 6.45) is 1.14. The Balaban J connectivity index is 0.00000121. The number of alkyl halides is 3. The average Bonchev–Trinajstić information content (AvgIpc) is 3.46. The van der Waals surface area contributed by atoms with E-state index in [0.717, 1.165) is 25.1 Å². The molecule has 2 aromatic heterocycles. The number of aromatic nitrogens is 3. The van der Waals surface area contributed by atoms with Crippen molar-refractivity contribution in [1.82, 2.24) is 25.2 Å². The number of ether oxygens (including phenoxy) is 1. The molecule has 2 amide bonds. The van der Waals surface area contributed by atoms with Crippen molar-refractivity contribution in [3.8, 4) is 11.3 Å². The van der Waals surface area contributed by atoms with E-state index in [1.54, 1.807) is 26.8 Å². The SMILES string of the molecule is CC(C)(C)OC(=O)N1CC2(CC2)CC1C(=O)NCc1cc(-c2ccc(C(F)(F)F)nc2)ncn1.CCC. The molecule has 1 spiro atoms. The highest BCUT2D eigenvalue weighted by Gasteiger charge is 2.55. The van der Waals surface area contributed by atoms with Crippen LogP contribution in [0, 0.1) is 5.41 Å². The predicted molar refractivity (Wildman–Crippen MR) is 131 cm³/mol. The number of carbonyl (C=O) groups is 2. The molecule has 0 radical (unpaired) electrons. The van der Waals surface area contributed by atoms with Crippen LogP contribution in [0.3, 0.4) is 0 Å². The molecule has 8 nitrogen and oxygen atoms in total. The minimum atomic E-state index is -4.52. The van der Waals surface area contributed by atoms with Gasteiger partial charge in [-0.15, -0.1) is 0 Å². The standard InChI is InChI=1S/C23H26F3N5O3.C3H8/c1-21(2,3)34-20(33)31-12-22(6-7-22)9-17(31)19(32)28-11-15-8-16(30-13-29-15)14-4-5-18(27-10-14)23(24,25)26;1-3-2/h4-5,8,10,13,17H,6-7,9,11-12H2,1-3H3,(H,28,32);3H2,1-2H3. The first kappa shape index (κ1) is 28.3. The van der Waals surface area contributed by atoms with Crippen molar-refractivity contribution in [2.45, 2.75) is 84.7 Å². The van der Waals surface area contributed by atoms with E-state index in [9.17, 15) is 22.8 Å². The molecule has 1 N–H and O–H groups in total. The lowest BCUT2D eigenvalue weighted by Crippen LogP contribution is -2.47. The van der Waals surface area contributed by atoms with Crippen molar-refractivity contribution in [2.75, 3.05) is 6.54 Å². The smallest absolute Gasteiger partial charge is 0.433 e. The fraction of sp³-hybridized carbons (Fsp3) is 0.577. The lowest BCUT2D eigenvalue weighted by Gasteiger charge is -2.28. The van der Waals surface area contributed by atoms with E-state index in [0.29, 0.717) is 29.9 Å². The number of amides is 2. The summed E-state index contributed by atoms with van der Waals surface area (Å²) in [5, 5.41) is 2.82. The highest BCUT2D eigenvalue weighted by Crippen LogP contribution is 2.55. The molecular formula is C26H34F3N5O3. The molecule has 11 heteroatoms. The summed E-state index contributed by atoms with van der Waals surface area (Å²) < 4.78 is 43.7. The normalized spacial score (nSPS) is 18.2. The lowest BCUT2D eigenvalue weighted by atomic mass is 10.0. The molecule has 1 atom stereocenters. The molecular weight excluding hydrogens is 487 g/mol. The minimum absolute atomic E-state index is 0.00340. The maximum absolute atomic E-state index is 13.0. The lowest BCUT2D eigenvalue weighted by molar-refractivity contribution is -0.141. The second kappa shape index (κ2) is 11.0. The second-order valence-corrected chi connectivity index (χ2v) is 10.6. The van der Waals surface area contributed by atoms with Crippen molar-refractivity contribution in [2.24, 2.45) is 5.41 Å². The predicted octanol–water partition coefficient (Wildman–Crippen LogP) is 5.38.